The van der Waals surface area contributed by atoms with Crippen molar-refractivity contribution in [3.8, 4) is 6.07 Å². The molecule has 0 spiro atoms. The van der Waals surface area contributed by atoms with E-state index in [2.05, 4.69) is 9.71 Å². The molecule has 0 radical (unpaired) electrons. The highest BCUT2D eigenvalue weighted by molar-refractivity contribution is 7.89. The summed E-state index contributed by atoms with van der Waals surface area (Å²) in [5.74, 6) is -0.864. The number of aromatic nitrogens is 1. The maximum Gasteiger partial charge on any atom is 0.242 e. The molecule has 8 heteroatoms. The van der Waals surface area contributed by atoms with Crippen LogP contribution >= 0.6 is 11.3 Å². The number of nitrogens with zero attached hydrogens (tertiary/aromatic N) is 2. The lowest BCUT2D eigenvalue weighted by molar-refractivity contribution is 0.562. The first kappa shape index (κ1) is 14.6. The Kier molecular flexibility index (Phi) is 4.13. The molecule has 0 aliphatic heterocycles. The second-order valence-electron chi connectivity index (χ2n) is 3.94. The third kappa shape index (κ3) is 2.85. The number of thiazole rings is 1. The fraction of sp³-hybridized carbons (Fsp3) is 0.167. The molecule has 0 bridgehead atoms. The van der Waals surface area contributed by atoms with E-state index >= 15 is 0 Å². The molecule has 1 atom stereocenters. The number of nitrogens with one attached hydrogen (secondary N) is 1. The topological polar surface area (TPSA) is 82.9 Å². The normalized spacial score (nSPS) is 12.8. The number of nitriles is 1. The molecule has 2 rings (SSSR count). The van der Waals surface area contributed by atoms with Gasteiger partial charge in [0.25, 0.3) is 0 Å². The highest BCUT2D eigenvalue weighted by Crippen LogP contribution is 2.22. The summed E-state index contributed by atoms with van der Waals surface area (Å²) in [5.41, 5.74) is -0.494. The van der Waals surface area contributed by atoms with Crippen LogP contribution in [0.15, 0.2) is 34.7 Å². The minimum atomic E-state index is -4.00. The van der Waals surface area contributed by atoms with Gasteiger partial charge in [0.05, 0.1) is 6.04 Å². The smallest absolute Gasteiger partial charge is 0.242 e. The lowest BCUT2D eigenvalue weighted by Crippen LogP contribution is -2.27. The van der Waals surface area contributed by atoms with E-state index in [1.54, 1.807) is 24.6 Å². The van der Waals surface area contributed by atoms with Gasteiger partial charge in [-0.2, -0.15) is 5.26 Å². The monoisotopic (exact) mass is 311 g/mol. The standard InChI is InChI=1S/C12H10FN3O2S2/c1-8(12-15-5-6-19-12)16-20(17,18)11-4-2-3-10(13)9(11)7-14/h2-6,8,16H,1H3. The Balaban J connectivity index is 2.37. The minimum absolute atomic E-state index is 0.372. The van der Waals surface area contributed by atoms with Gasteiger partial charge in [0.1, 0.15) is 27.4 Å². The van der Waals surface area contributed by atoms with Gasteiger partial charge in [0.2, 0.25) is 10.0 Å². The average Bonchev–Trinajstić information content (AvgIpc) is 2.91. The molecule has 20 heavy (non-hydrogen) atoms. The van der Waals surface area contributed by atoms with Gasteiger partial charge in [-0.15, -0.1) is 11.3 Å². The zero-order valence-electron chi connectivity index (χ0n) is 10.4. The molecule has 1 heterocycles. The Morgan fingerprint density at radius 1 is 1.50 bits per heavy atom. The molecule has 2 aromatic rings. The van der Waals surface area contributed by atoms with Crippen molar-refractivity contribution in [2.45, 2.75) is 17.9 Å². The molecule has 5 nitrogen and oxygen atoms in total. The second-order valence-corrected chi connectivity index (χ2v) is 6.55. The van der Waals surface area contributed by atoms with Crippen molar-refractivity contribution in [3.63, 3.8) is 0 Å². The zero-order chi connectivity index (χ0) is 14.8. The van der Waals surface area contributed by atoms with Crippen molar-refractivity contribution < 1.29 is 12.8 Å². The Morgan fingerprint density at radius 3 is 2.85 bits per heavy atom. The molecule has 1 aromatic heterocycles. The molecular formula is C12H10FN3O2S2. The first-order chi connectivity index (χ1) is 9.45. The number of halogens is 1. The van der Waals surface area contributed by atoms with Gasteiger partial charge in [-0.05, 0) is 19.1 Å². The molecule has 1 aromatic carbocycles. The molecule has 0 saturated heterocycles. The van der Waals surface area contributed by atoms with Gasteiger partial charge in [-0.25, -0.2) is 22.5 Å². The van der Waals surface area contributed by atoms with Gasteiger partial charge in [0.15, 0.2) is 0 Å². The predicted molar refractivity (Wildman–Crippen MR) is 72.0 cm³/mol. The van der Waals surface area contributed by atoms with E-state index in [4.69, 9.17) is 5.26 Å². The average molecular weight is 311 g/mol. The number of rotatable bonds is 4. The van der Waals surface area contributed by atoms with E-state index in [9.17, 15) is 12.8 Å². The van der Waals surface area contributed by atoms with Crippen LogP contribution in [0.4, 0.5) is 4.39 Å². The SMILES string of the molecule is CC(NS(=O)(=O)c1cccc(F)c1C#N)c1nccs1. The number of hydrogen-bond acceptors (Lipinski definition) is 5. The van der Waals surface area contributed by atoms with Crippen molar-refractivity contribution in [1.82, 2.24) is 9.71 Å². The Hall–Kier alpha value is -1.82. The van der Waals surface area contributed by atoms with Gasteiger partial charge in [0, 0.05) is 11.6 Å². The van der Waals surface area contributed by atoms with Gasteiger partial charge >= 0.3 is 0 Å². The molecule has 0 fully saturated rings. The van der Waals surface area contributed by atoms with Crippen molar-refractivity contribution in [3.05, 3.63) is 46.2 Å². The third-order valence-corrected chi connectivity index (χ3v) is 5.07. The fourth-order valence-electron chi connectivity index (χ4n) is 1.63. The zero-order valence-corrected chi connectivity index (χ0v) is 12.0. The highest BCUT2D eigenvalue weighted by atomic mass is 32.2. The summed E-state index contributed by atoms with van der Waals surface area (Å²) in [5, 5.41) is 11.2. The minimum Gasteiger partial charge on any atom is -0.248 e. The third-order valence-electron chi connectivity index (χ3n) is 2.53. The summed E-state index contributed by atoms with van der Waals surface area (Å²) in [6, 6.07) is 4.50. The summed E-state index contributed by atoms with van der Waals surface area (Å²) in [7, 11) is -4.00. The summed E-state index contributed by atoms with van der Waals surface area (Å²) in [6.45, 7) is 1.63. The lowest BCUT2D eigenvalue weighted by Gasteiger charge is -2.13. The molecule has 0 aliphatic rings. The van der Waals surface area contributed by atoms with Gasteiger partial charge in [-0.1, -0.05) is 6.07 Å². The van der Waals surface area contributed by atoms with Crippen LogP contribution in [-0.2, 0) is 10.0 Å². The van der Waals surface area contributed by atoms with Crippen LogP contribution in [0.5, 0.6) is 0 Å². The number of sulfonamides is 1. The van der Waals surface area contributed by atoms with E-state index in [-0.39, 0.29) is 4.90 Å². The summed E-state index contributed by atoms with van der Waals surface area (Å²) >= 11 is 1.30. The lowest BCUT2D eigenvalue weighted by atomic mass is 10.2. The van der Waals surface area contributed by atoms with Crippen molar-refractivity contribution in [1.29, 1.82) is 5.26 Å². The summed E-state index contributed by atoms with van der Waals surface area (Å²) in [4.78, 5) is 3.63. The largest absolute Gasteiger partial charge is 0.248 e. The van der Waals surface area contributed by atoms with E-state index < -0.39 is 27.4 Å². The van der Waals surface area contributed by atoms with E-state index in [1.165, 1.54) is 23.5 Å². The summed E-state index contributed by atoms with van der Waals surface area (Å²) < 4.78 is 40.3. The van der Waals surface area contributed by atoms with Crippen LogP contribution in [0.25, 0.3) is 0 Å². The van der Waals surface area contributed by atoms with Crippen molar-refractivity contribution in [2.75, 3.05) is 0 Å². The Morgan fingerprint density at radius 2 is 2.25 bits per heavy atom. The van der Waals surface area contributed by atoms with Crippen LogP contribution in [0, 0.1) is 17.1 Å². The molecule has 1 N–H and O–H groups in total. The van der Waals surface area contributed by atoms with E-state index in [1.807, 2.05) is 0 Å². The Bertz CT molecular complexity index is 752. The van der Waals surface area contributed by atoms with E-state index in [0.717, 1.165) is 6.07 Å². The fourth-order valence-corrected chi connectivity index (χ4v) is 3.73. The molecule has 104 valence electrons. The van der Waals surface area contributed by atoms with Crippen molar-refractivity contribution >= 4 is 21.4 Å². The van der Waals surface area contributed by atoms with Gasteiger partial charge in [-0.3, -0.25) is 0 Å². The highest BCUT2D eigenvalue weighted by Gasteiger charge is 2.24. The Labute approximate surface area is 119 Å². The van der Waals surface area contributed by atoms with Crippen molar-refractivity contribution in [2.24, 2.45) is 0 Å². The van der Waals surface area contributed by atoms with Crippen LogP contribution in [0.3, 0.4) is 0 Å². The molecule has 0 saturated carbocycles. The van der Waals surface area contributed by atoms with Crippen LogP contribution in [0.2, 0.25) is 0 Å². The number of hydrogen-bond donors (Lipinski definition) is 1. The summed E-state index contributed by atoms with van der Waals surface area (Å²) in [6.07, 6.45) is 1.56. The predicted octanol–water partition coefficient (Wildman–Crippen LogP) is 2.19. The van der Waals surface area contributed by atoms with Crippen LogP contribution in [-0.4, -0.2) is 13.4 Å². The quantitative estimate of drug-likeness (QED) is 0.938. The van der Waals surface area contributed by atoms with Gasteiger partial charge < -0.3 is 0 Å². The molecule has 0 amide bonds. The van der Waals surface area contributed by atoms with Crippen LogP contribution < -0.4 is 4.72 Å². The van der Waals surface area contributed by atoms with E-state index in [0.29, 0.717) is 5.01 Å². The molecule has 0 aliphatic carbocycles. The second kappa shape index (κ2) is 5.66. The molecule has 1 unspecified atom stereocenters. The number of benzene rings is 1. The first-order valence-electron chi connectivity index (χ1n) is 5.56. The van der Waals surface area contributed by atoms with Crippen LogP contribution in [0.1, 0.15) is 23.5 Å². The first-order valence-corrected chi connectivity index (χ1v) is 7.92. The maximum atomic E-state index is 13.5. The maximum absolute atomic E-state index is 13.5. The molecular weight excluding hydrogens is 301 g/mol.